The molecule has 0 aliphatic carbocycles. The maximum atomic E-state index is 8.93. The Kier molecular flexibility index (Phi) is 4.70. The second kappa shape index (κ2) is 6.49. The molecule has 0 unspecified atom stereocenters. The third-order valence-corrected chi connectivity index (χ3v) is 2.84. The molecule has 0 radical (unpaired) electrons. The van der Waals surface area contributed by atoms with Gasteiger partial charge < -0.3 is 20.6 Å². The molecule has 2 rings (SSSR count). The van der Waals surface area contributed by atoms with Crippen LogP contribution in [0, 0.1) is 0 Å². The van der Waals surface area contributed by atoms with Crippen LogP contribution in [-0.2, 0) is 7.05 Å². The number of hydrogen-bond acceptors (Lipinski definition) is 7. The minimum Gasteiger partial charge on any atom is -0.395 e. The molecule has 0 amide bonds. The van der Waals surface area contributed by atoms with Crippen molar-refractivity contribution in [3.05, 3.63) is 6.20 Å². The van der Waals surface area contributed by atoms with E-state index in [0.29, 0.717) is 18.3 Å². The van der Waals surface area contributed by atoms with Gasteiger partial charge in [-0.2, -0.15) is 15.1 Å². The van der Waals surface area contributed by atoms with Gasteiger partial charge in [0.2, 0.25) is 5.95 Å². The summed E-state index contributed by atoms with van der Waals surface area (Å²) in [6.45, 7) is 2.15. The van der Waals surface area contributed by atoms with Crippen molar-refractivity contribution in [2.45, 2.75) is 0 Å². The number of rotatable bonds is 7. The monoisotopic (exact) mass is 279 g/mol. The van der Waals surface area contributed by atoms with Crippen molar-refractivity contribution >= 4 is 22.8 Å². The summed E-state index contributed by atoms with van der Waals surface area (Å²) >= 11 is 0. The third-order valence-electron chi connectivity index (χ3n) is 2.84. The van der Waals surface area contributed by atoms with E-state index in [1.807, 2.05) is 21.1 Å². The number of aliphatic hydroxyl groups excluding tert-OH is 1. The maximum absolute atomic E-state index is 8.93. The average Bonchev–Trinajstić information content (AvgIpc) is 2.78. The highest BCUT2D eigenvalue weighted by Gasteiger charge is 2.10. The van der Waals surface area contributed by atoms with E-state index in [-0.39, 0.29) is 6.61 Å². The Morgan fingerprint density at radius 3 is 2.75 bits per heavy atom. The first-order valence-electron chi connectivity index (χ1n) is 6.55. The molecule has 0 saturated heterocycles. The maximum Gasteiger partial charge on any atom is 0.226 e. The molecule has 0 aromatic carbocycles. The Morgan fingerprint density at radius 1 is 1.25 bits per heavy atom. The summed E-state index contributed by atoms with van der Waals surface area (Å²) in [6.07, 6.45) is 1.72. The number of aryl methyl sites for hydroxylation is 1. The van der Waals surface area contributed by atoms with Crippen LogP contribution >= 0.6 is 0 Å². The minimum atomic E-state index is 0.0507. The SMILES string of the molecule is CN(C)CCNc1nc(NCCO)c2cnn(C)c2n1. The topological polar surface area (TPSA) is 91.1 Å². The van der Waals surface area contributed by atoms with Gasteiger partial charge in [-0.3, -0.25) is 4.68 Å². The predicted molar refractivity (Wildman–Crippen MR) is 78.9 cm³/mol. The van der Waals surface area contributed by atoms with Gasteiger partial charge in [0.05, 0.1) is 18.2 Å². The van der Waals surface area contributed by atoms with Crippen molar-refractivity contribution in [2.75, 3.05) is 51.0 Å². The fraction of sp³-hybridized carbons (Fsp3) is 0.583. The van der Waals surface area contributed by atoms with E-state index in [9.17, 15) is 0 Å². The second-order valence-corrected chi connectivity index (χ2v) is 4.78. The average molecular weight is 279 g/mol. The number of aliphatic hydroxyl groups is 1. The smallest absolute Gasteiger partial charge is 0.226 e. The van der Waals surface area contributed by atoms with Crippen molar-refractivity contribution in [3.8, 4) is 0 Å². The molecular weight excluding hydrogens is 258 g/mol. The van der Waals surface area contributed by atoms with Crippen molar-refractivity contribution in [3.63, 3.8) is 0 Å². The zero-order valence-corrected chi connectivity index (χ0v) is 12.1. The first-order valence-corrected chi connectivity index (χ1v) is 6.55. The standard InChI is InChI=1S/C12H21N7O/c1-18(2)6-4-14-12-16-10(13-5-7-20)9-8-15-19(3)11(9)17-12/h8,20H,4-7H2,1-3H3,(H2,13,14,16,17). The van der Waals surface area contributed by atoms with Crippen LogP contribution in [0.1, 0.15) is 0 Å². The van der Waals surface area contributed by atoms with Crippen LogP contribution in [0.3, 0.4) is 0 Å². The molecule has 20 heavy (non-hydrogen) atoms. The molecule has 2 aromatic heterocycles. The lowest BCUT2D eigenvalue weighted by Gasteiger charge is -2.12. The van der Waals surface area contributed by atoms with E-state index in [1.54, 1.807) is 10.9 Å². The Balaban J connectivity index is 2.23. The highest BCUT2D eigenvalue weighted by molar-refractivity contribution is 5.87. The van der Waals surface area contributed by atoms with Gasteiger partial charge in [-0.25, -0.2) is 0 Å². The van der Waals surface area contributed by atoms with Crippen molar-refractivity contribution < 1.29 is 5.11 Å². The number of nitrogens with zero attached hydrogens (tertiary/aromatic N) is 5. The summed E-state index contributed by atoms with van der Waals surface area (Å²) in [5.74, 6) is 1.24. The molecule has 2 heterocycles. The Morgan fingerprint density at radius 2 is 2.05 bits per heavy atom. The number of aromatic nitrogens is 4. The van der Waals surface area contributed by atoms with Crippen LogP contribution in [0.2, 0.25) is 0 Å². The van der Waals surface area contributed by atoms with Gasteiger partial charge >= 0.3 is 0 Å². The van der Waals surface area contributed by atoms with Gasteiger partial charge in [-0.1, -0.05) is 0 Å². The van der Waals surface area contributed by atoms with Gasteiger partial charge in [-0.05, 0) is 14.1 Å². The second-order valence-electron chi connectivity index (χ2n) is 4.78. The third kappa shape index (κ3) is 3.34. The largest absolute Gasteiger partial charge is 0.395 e. The van der Waals surface area contributed by atoms with E-state index in [4.69, 9.17) is 5.11 Å². The highest BCUT2D eigenvalue weighted by atomic mass is 16.3. The summed E-state index contributed by atoms with van der Waals surface area (Å²) < 4.78 is 1.71. The fourth-order valence-electron chi connectivity index (χ4n) is 1.80. The molecule has 0 atom stereocenters. The first-order chi connectivity index (χ1) is 9.61. The van der Waals surface area contributed by atoms with E-state index >= 15 is 0 Å². The van der Waals surface area contributed by atoms with Crippen molar-refractivity contribution in [2.24, 2.45) is 7.05 Å². The van der Waals surface area contributed by atoms with Gasteiger partial charge in [0, 0.05) is 26.7 Å². The normalized spacial score (nSPS) is 11.2. The lowest BCUT2D eigenvalue weighted by Crippen LogP contribution is -2.21. The first kappa shape index (κ1) is 14.5. The number of hydrogen-bond donors (Lipinski definition) is 3. The molecule has 0 bridgehead atoms. The summed E-state index contributed by atoms with van der Waals surface area (Å²) in [5.41, 5.74) is 0.757. The number of anilines is 2. The predicted octanol–water partition coefficient (Wildman–Crippen LogP) is -0.259. The minimum absolute atomic E-state index is 0.0507. The number of fused-ring (bicyclic) bond motifs is 1. The Hall–Kier alpha value is -1.93. The van der Waals surface area contributed by atoms with E-state index in [0.717, 1.165) is 24.1 Å². The molecule has 0 spiro atoms. The number of likely N-dealkylation sites (N-methyl/N-ethyl adjacent to an activating group) is 1. The molecule has 2 aromatic rings. The Bertz CT molecular complexity index is 566. The quantitative estimate of drug-likeness (QED) is 0.643. The summed E-state index contributed by atoms with van der Waals surface area (Å²) in [5, 5.41) is 20.2. The molecule has 8 heteroatoms. The summed E-state index contributed by atoms with van der Waals surface area (Å²) in [4.78, 5) is 11.0. The van der Waals surface area contributed by atoms with E-state index < -0.39 is 0 Å². The van der Waals surface area contributed by atoms with Gasteiger partial charge in [-0.15, -0.1) is 0 Å². The van der Waals surface area contributed by atoms with Crippen molar-refractivity contribution in [1.82, 2.24) is 24.6 Å². The molecule has 8 nitrogen and oxygen atoms in total. The van der Waals surface area contributed by atoms with Crippen molar-refractivity contribution in [1.29, 1.82) is 0 Å². The van der Waals surface area contributed by atoms with Crippen LogP contribution in [-0.4, -0.2) is 70.1 Å². The molecule has 0 aliphatic rings. The molecular formula is C12H21N7O. The van der Waals surface area contributed by atoms with E-state index in [2.05, 4.69) is 30.6 Å². The van der Waals surface area contributed by atoms with Crippen LogP contribution in [0.25, 0.3) is 11.0 Å². The summed E-state index contributed by atoms with van der Waals surface area (Å²) in [7, 11) is 5.87. The van der Waals surface area contributed by atoms with Gasteiger partial charge in [0.15, 0.2) is 5.65 Å². The lowest BCUT2D eigenvalue weighted by molar-refractivity contribution is 0.311. The zero-order chi connectivity index (χ0) is 14.5. The Labute approximate surface area is 117 Å². The van der Waals surface area contributed by atoms with Crippen LogP contribution < -0.4 is 10.6 Å². The zero-order valence-electron chi connectivity index (χ0n) is 12.1. The van der Waals surface area contributed by atoms with Gasteiger partial charge in [0.25, 0.3) is 0 Å². The lowest BCUT2D eigenvalue weighted by atomic mass is 10.4. The molecule has 0 saturated carbocycles. The molecule has 0 fully saturated rings. The van der Waals surface area contributed by atoms with E-state index in [1.165, 1.54) is 0 Å². The van der Waals surface area contributed by atoms with Crippen LogP contribution in [0.5, 0.6) is 0 Å². The highest BCUT2D eigenvalue weighted by Crippen LogP contribution is 2.20. The molecule has 0 aliphatic heterocycles. The van der Waals surface area contributed by atoms with Crippen LogP contribution in [0.4, 0.5) is 11.8 Å². The van der Waals surface area contributed by atoms with Crippen LogP contribution in [0.15, 0.2) is 6.20 Å². The number of nitrogens with one attached hydrogen (secondary N) is 2. The summed E-state index contributed by atoms with van der Waals surface area (Å²) in [6, 6.07) is 0. The molecule has 110 valence electrons. The fourth-order valence-corrected chi connectivity index (χ4v) is 1.80. The molecule has 3 N–H and O–H groups in total. The van der Waals surface area contributed by atoms with Gasteiger partial charge in [0.1, 0.15) is 5.82 Å².